The highest BCUT2D eigenvalue weighted by Gasteiger charge is 2.07. The van der Waals surface area contributed by atoms with Crippen molar-refractivity contribution < 1.29 is 8.78 Å². The number of benzene rings is 1. The molecule has 1 aromatic heterocycles. The van der Waals surface area contributed by atoms with Gasteiger partial charge >= 0.3 is 0 Å². The Morgan fingerprint density at radius 3 is 2.69 bits per heavy atom. The first kappa shape index (κ1) is 11.2. The van der Waals surface area contributed by atoms with Crippen LogP contribution in [-0.2, 0) is 5.33 Å². The van der Waals surface area contributed by atoms with Crippen LogP contribution in [0, 0.1) is 11.8 Å². The van der Waals surface area contributed by atoms with E-state index in [1.807, 2.05) is 0 Å². The van der Waals surface area contributed by atoms with Crippen molar-refractivity contribution in [1.82, 2.24) is 4.98 Å². The van der Waals surface area contributed by atoms with E-state index >= 15 is 0 Å². The van der Waals surface area contributed by atoms with E-state index in [2.05, 4.69) is 20.9 Å². The Kier molecular flexibility index (Phi) is 3.29. The summed E-state index contributed by atoms with van der Waals surface area (Å²) in [6.07, 6.45) is 1.42. The molecular formula is C12H8BrF2N. The second-order valence-corrected chi connectivity index (χ2v) is 3.87. The summed E-state index contributed by atoms with van der Waals surface area (Å²) in [6.45, 7) is 0. The van der Waals surface area contributed by atoms with Crippen molar-refractivity contribution in [3.05, 3.63) is 53.9 Å². The lowest BCUT2D eigenvalue weighted by atomic mass is 10.0. The quantitative estimate of drug-likeness (QED) is 0.601. The lowest BCUT2D eigenvalue weighted by Crippen LogP contribution is -1.92. The van der Waals surface area contributed by atoms with Crippen molar-refractivity contribution in [1.29, 1.82) is 0 Å². The monoisotopic (exact) mass is 283 g/mol. The fourth-order valence-corrected chi connectivity index (χ4v) is 1.96. The normalized spacial score (nSPS) is 10.4. The van der Waals surface area contributed by atoms with E-state index in [4.69, 9.17) is 0 Å². The molecule has 16 heavy (non-hydrogen) atoms. The van der Waals surface area contributed by atoms with Crippen LogP contribution in [-0.4, -0.2) is 4.98 Å². The van der Waals surface area contributed by atoms with Gasteiger partial charge in [-0.15, -0.1) is 0 Å². The van der Waals surface area contributed by atoms with Crippen LogP contribution in [0.25, 0.3) is 11.1 Å². The Balaban J connectivity index is 2.55. The van der Waals surface area contributed by atoms with Crippen molar-refractivity contribution in [2.45, 2.75) is 5.33 Å². The van der Waals surface area contributed by atoms with Crippen LogP contribution in [0.5, 0.6) is 0 Å². The van der Waals surface area contributed by atoms with Gasteiger partial charge in [-0.05, 0) is 29.3 Å². The fraction of sp³-hybridized carbons (Fsp3) is 0.0833. The van der Waals surface area contributed by atoms with Gasteiger partial charge in [-0.2, -0.15) is 4.39 Å². The number of nitrogens with zero attached hydrogens (tertiary/aromatic N) is 1. The molecule has 0 atom stereocenters. The summed E-state index contributed by atoms with van der Waals surface area (Å²) in [5.41, 5.74) is 2.18. The molecule has 0 aliphatic heterocycles. The summed E-state index contributed by atoms with van der Waals surface area (Å²) < 4.78 is 26.0. The number of hydrogen-bond acceptors (Lipinski definition) is 1. The Bertz CT molecular complexity index is 514. The molecule has 0 spiro atoms. The molecule has 0 saturated carbocycles. The molecule has 4 heteroatoms. The third-order valence-electron chi connectivity index (χ3n) is 2.24. The van der Waals surface area contributed by atoms with Gasteiger partial charge in [0.05, 0.1) is 0 Å². The minimum absolute atomic E-state index is 0.317. The Labute approximate surface area is 100 Å². The second-order valence-electron chi connectivity index (χ2n) is 3.31. The third-order valence-corrected chi connectivity index (χ3v) is 2.84. The number of halogens is 3. The van der Waals surface area contributed by atoms with Gasteiger partial charge in [0.25, 0.3) is 0 Å². The standard InChI is InChI=1S/C12H8BrF2N/c13-6-9-5-12(15)16-7-11(9)8-2-1-3-10(14)4-8/h1-5,7H,6H2. The predicted octanol–water partition coefficient (Wildman–Crippen LogP) is 3.92. The van der Waals surface area contributed by atoms with Gasteiger partial charge in [0.15, 0.2) is 0 Å². The van der Waals surface area contributed by atoms with Gasteiger partial charge in [0.2, 0.25) is 5.95 Å². The summed E-state index contributed by atoms with van der Waals surface area (Å²) in [7, 11) is 0. The Morgan fingerprint density at radius 2 is 2.00 bits per heavy atom. The average Bonchev–Trinajstić information content (AvgIpc) is 2.28. The lowest BCUT2D eigenvalue weighted by Gasteiger charge is -2.06. The van der Waals surface area contributed by atoms with E-state index in [1.165, 1.54) is 24.4 Å². The molecule has 2 rings (SSSR count). The van der Waals surface area contributed by atoms with Crippen LogP contribution >= 0.6 is 15.9 Å². The lowest BCUT2D eigenvalue weighted by molar-refractivity contribution is 0.582. The van der Waals surface area contributed by atoms with E-state index in [9.17, 15) is 8.78 Å². The molecule has 0 saturated heterocycles. The molecule has 82 valence electrons. The van der Waals surface area contributed by atoms with Crippen LogP contribution in [0.3, 0.4) is 0 Å². The van der Waals surface area contributed by atoms with Gasteiger partial charge in [-0.25, -0.2) is 9.37 Å². The summed E-state index contributed by atoms with van der Waals surface area (Å²) in [4.78, 5) is 3.58. The molecule has 0 aliphatic rings. The molecule has 1 nitrogen and oxygen atoms in total. The number of pyridine rings is 1. The molecule has 0 fully saturated rings. The highest BCUT2D eigenvalue weighted by Crippen LogP contribution is 2.25. The fourth-order valence-electron chi connectivity index (χ4n) is 1.49. The van der Waals surface area contributed by atoms with Gasteiger partial charge in [0.1, 0.15) is 5.82 Å². The first-order chi connectivity index (χ1) is 7.70. The molecular weight excluding hydrogens is 276 g/mol. The van der Waals surface area contributed by atoms with Gasteiger partial charge in [-0.1, -0.05) is 28.1 Å². The zero-order chi connectivity index (χ0) is 11.5. The first-order valence-corrected chi connectivity index (χ1v) is 5.79. The highest BCUT2D eigenvalue weighted by atomic mass is 79.9. The van der Waals surface area contributed by atoms with Crippen molar-refractivity contribution in [3.8, 4) is 11.1 Å². The maximum Gasteiger partial charge on any atom is 0.213 e. The molecule has 1 heterocycles. The molecule has 0 bridgehead atoms. The molecule has 0 N–H and O–H groups in total. The highest BCUT2D eigenvalue weighted by molar-refractivity contribution is 9.08. The number of aromatic nitrogens is 1. The second kappa shape index (κ2) is 4.70. The van der Waals surface area contributed by atoms with Crippen LogP contribution < -0.4 is 0 Å². The summed E-state index contributed by atoms with van der Waals surface area (Å²) in [5, 5.41) is 0.498. The van der Waals surface area contributed by atoms with E-state index in [0.717, 1.165) is 11.1 Å². The van der Waals surface area contributed by atoms with Crippen molar-refractivity contribution in [2.24, 2.45) is 0 Å². The summed E-state index contributed by atoms with van der Waals surface area (Å²) in [6, 6.07) is 7.50. The first-order valence-electron chi connectivity index (χ1n) is 4.67. The molecule has 0 unspecified atom stereocenters. The molecule has 1 aromatic carbocycles. The SMILES string of the molecule is Fc1cccc(-c2cnc(F)cc2CBr)c1. The zero-order valence-electron chi connectivity index (χ0n) is 8.25. The van der Waals surface area contributed by atoms with E-state index in [-0.39, 0.29) is 5.82 Å². The van der Waals surface area contributed by atoms with Crippen LogP contribution in [0.2, 0.25) is 0 Å². The minimum atomic E-state index is -0.533. The third kappa shape index (κ3) is 2.27. The minimum Gasteiger partial charge on any atom is -0.228 e. The Morgan fingerprint density at radius 1 is 1.19 bits per heavy atom. The van der Waals surface area contributed by atoms with Gasteiger partial charge < -0.3 is 0 Å². The zero-order valence-corrected chi connectivity index (χ0v) is 9.84. The maximum atomic E-state index is 13.1. The molecule has 0 amide bonds. The van der Waals surface area contributed by atoms with Crippen LogP contribution in [0.1, 0.15) is 5.56 Å². The predicted molar refractivity (Wildman–Crippen MR) is 62.2 cm³/mol. The molecule has 0 aliphatic carbocycles. The topological polar surface area (TPSA) is 12.9 Å². The van der Waals surface area contributed by atoms with Crippen molar-refractivity contribution >= 4 is 15.9 Å². The maximum absolute atomic E-state index is 13.1. The molecule has 0 radical (unpaired) electrons. The van der Waals surface area contributed by atoms with Gasteiger partial charge in [0, 0.05) is 17.1 Å². The van der Waals surface area contributed by atoms with E-state index in [1.54, 1.807) is 12.1 Å². The number of hydrogen-bond donors (Lipinski definition) is 0. The van der Waals surface area contributed by atoms with Crippen molar-refractivity contribution in [2.75, 3.05) is 0 Å². The molecule has 2 aromatic rings. The van der Waals surface area contributed by atoms with E-state index in [0.29, 0.717) is 10.9 Å². The number of rotatable bonds is 2. The summed E-state index contributed by atoms with van der Waals surface area (Å²) in [5.74, 6) is -0.850. The van der Waals surface area contributed by atoms with Crippen LogP contribution in [0.4, 0.5) is 8.78 Å². The van der Waals surface area contributed by atoms with Crippen LogP contribution in [0.15, 0.2) is 36.5 Å². The number of alkyl halides is 1. The Hall–Kier alpha value is -1.29. The largest absolute Gasteiger partial charge is 0.228 e. The van der Waals surface area contributed by atoms with Crippen molar-refractivity contribution in [3.63, 3.8) is 0 Å². The smallest absolute Gasteiger partial charge is 0.213 e. The average molecular weight is 284 g/mol. The van der Waals surface area contributed by atoms with E-state index < -0.39 is 5.95 Å². The van der Waals surface area contributed by atoms with Gasteiger partial charge in [-0.3, -0.25) is 0 Å². The summed E-state index contributed by atoms with van der Waals surface area (Å²) >= 11 is 3.27.